The minimum Gasteiger partial charge on any atom is -0.481 e. The summed E-state index contributed by atoms with van der Waals surface area (Å²) in [5.74, 6) is -3.63. The molecule has 9 N–H and O–H groups in total. The van der Waals surface area contributed by atoms with Gasteiger partial charge in [0.05, 0.1) is 24.4 Å². The van der Waals surface area contributed by atoms with E-state index in [9.17, 15) is 55.5 Å². The van der Waals surface area contributed by atoms with Crippen molar-refractivity contribution in [1.82, 2.24) is 0 Å². The van der Waals surface area contributed by atoms with Gasteiger partial charge in [-0.05, 0) is 33.1 Å². The Labute approximate surface area is 266 Å². The van der Waals surface area contributed by atoms with Gasteiger partial charge in [0, 0.05) is 6.42 Å². The molecule has 45 heavy (non-hydrogen) atoms. The fourth-order valence-corrected chi connectivity index (χ4v) is 6.69. The van der Waals surface area contributed by atoms with Gasteiger partial charge in [0.15, 0.2) is 5.78 Å². The van der Waals surface area contributed by atoms with E-state index >= 15 is 0 Å². The molecule has 0 aliphatic carbocycles. The molecule has 2 fully saturated rings. The summed E-state index contributed by atoms with van der Waals surface area (Å²) in [6, 6.07) is 0. The number of ketones is 1. The number of aliphatic hydroxyl groups is 8. The van der Waals surface area contributed by atoms with Crippen molar-refractivity contribution < 1.29 is 65.0 Å². The average Bonchev–Trinajstić information content (AvgIpc) is 2.98. The molecule has 0 spiro atoms. The van der Waals surface area contributed by atoms with Gasteiger partial charge in [0.1, 0.15) is 54.2 Å². The molecule has 0 aromatic carbocycles. The summed E-state index contributed by atoms with van der Waals surface area (Å²) in [7, 11) is 0. The predicted octanol–water partition coefficient (Wildman–Crippen LogP) is 0.570. The Kier molecular flexibility index (Phi) is 16.8. The van der Waals surface area contributed by atoms with Crippen LogP contribution in [0.5, 0.6) is 0 Å². The molecule has 0 saturated carbocycles. The summed E-state index contributed by atoms with van der Waals surface area (Å²) in [6.45, 7) is 5.10. The molecule has 2 rings (SSSR count). The summed E-state index contributed by atoms with van der Waals surface area (Å²) in [5.41, 5.74) is -1.68. The van der Waals surface area contributed by atoms with E-state index in [4.69, 9.17) is 9.47 Å². The van der Waals surface area contributed by atoms with Crippen LogP contribution in [0.1, 0.15) is 111 Å². The van der Waals surface area contributed by atoms with Crippen LogP contribution in [0.2, 0.25) is 0 Å². The molecular formula is C32H58O13. The zero-order valence-electron chi connectivity index (χ0n) is 27.0. The number of Topliss-reactive ketones (excluding diaryl/α,β-unsaturated/α-hetero) is 1. The Hall–Kier alpha value is -1.26. The van der Waals surface area contributed by atoms with Crippen molar-refractivity contribution in [2.75, 3.05) is 0 Å². The van der Waals surface area contributed by atoms with E-state index in [0.29, 0.717) is 38.5 Å². The normalized spacial score (nSPS) is 35.9. The van der Waals surface area contributed by atoms with Crippen molar-refractivity contribution in [2.24, 2.45) is 5.92 Å². The van der Waals surface area contributed by atoms with Crippen LogP contribution in [-0.2, 0) is 19.1 Å². The first kappa shape index (κ1) is 39.9. The number of hydrogen-bond donors (Lipinski definition) is 9. The Bertz CT molecular complexity index is 889. The molecule has 0 bridgehead atoms. The molecular weight excluding hydrogens is 592 g/mol. The number of carbonyl (C=O) groups excluding carboxylic acids is 1. The Morgan fingerprint density at radius 1 is 0.711 bits per heavy atom. The number of carboxylic acids is 1. The molecule has 0 amide bonds. The smallest absolute Gasteiger partial charge is 0.316 e. The lowest BCUT2D eigenvalue weighted by molar-refractivity contribution is -0.336. The first-order chi connectivity index (χ1) is 21.2. The Morgan fingerprint density at radius 3 is 1.89 bits per heavy atom. The van der Waals surface area contributed by atoms with Gasteiger partial charge in [-0.2, -0.15) is 0 Å². The van der Waals surface area contributed by atoms with E-state index in [-0.39, 0.29) is 25.7 Å². The fraction of sp³-hybridized carbons (Fsp3) is 0.938. The van der Waals surface area contributed by atoms with Gasteiger partial charge in [-0.1, -0.05) is 71.1 Å². The minimum atomic E-state index is -1.68. The highest BCUT2D eigenvalue weighted by molar-refractivity contribution is 5.99. The number of carbonyl (C=O) groups is 2. The largest absolute Gasteiger partial charge is 0.481 e. The van der Waals surface area contributed by atoms with Crippen molar-refractivity contribution >= 4 is 11.8 Å². The van der Waals surface area contributed by atoms with Crippen LogP contribution < -0.4 is 0 Å². The number of unbranched alkanes of at least 4 members (excludes halogenated alkanes) is 8. The predicted molar refractivity (Wildman–Crippen MR) is 162 cm³/mol. The van der Waals surface area contributed by atoms with E-state index in [1.807, 2.05) is 0 Å². The third-order valence-electron chi connectivity index (χ3n) is 9.54. The lowest BCUT2D eigenvalue weighted by Crippen LogP contribution is -2.73. The van der Waals surface area contributed by atoms with Crippen LogP contribution in [0, 0.1) is 5.92 Å². The molecule has 0 aromatic rings. The second kappa shape index (κ2) is 18.9. The van der Waals surface area contributed by atoms with E-state index in [1.54, 1.807) is 0 Å². The van der Waals surface area contributed by atoms with Gasteiger partial charge in [0.25, 0.3) is 0 Å². The van der Waals surface area contributed by atoms with Crippen molar-refractivity contribution in [1.29, 1.82) is 0 Å². The molecule has 0 aromatic heterocycles. The third-order valence-corrected chi connectivity index (χ3v) is 9.54. The van der Waals surface area contributed by atoms with Crippen LogP contribution in [0.4, 0.5) is 0 Å². The number of aliphatic hydroxyl groups excluding tert-OH is 8. The molecule has 5 unspecified atom stereocenters. The Morgan fingerprint density at radius 2 is 1.27 bits per heavy atom. The third kappa shape index (κ3) is 10.6. The average molecular weight is 651 g/mol. The van der Waals surface area contributed by atoms with E-state index in [2.05, 4.69) is 6.92 Å². The minimum absolute atomic E-state index is 0.105. The van der Waals surface area contributed by atoms with Crippen LogP contribution >= 0.6 is 0 Å². The maximum absolute atomic E-state index is 12.6. The SMILES string of the molecule is CCCCCCCC(O)C(C(=O)O)C(=O)CC(O)CCCCCCCC1(C2O[C@H](C)[C@@H](O)[C@H](O)[C@@H]2O)O[C@@H](C)[C@H](O)[C@@H](O)[C@H]1O. The molecule has 0 radical (unpaired) electrons. The van der Waals surface area contributed by atoms with Gasteiger partial charge in [-0.15, -0.1) is 0 Å². The lowest BCUT2D eigenvalue weighted by atomic mass is 9.73. The highest BCUT2D eigenvalue weighted by atomic mass is 16.6. The molecule has 13 atom stereocenters. The molecule has 2 aliphatic rings. The van der Waals surface area contributed by atoms with Crippen molar-refractivity contribution in [3.05, 3.63) is 0 Å². The molecule has 2 aliphatic heterocycles. The van der Waals surface area contributed by atoms with Gasteiger partial charge < -0.3 is 55.4 Å². The van der Waals surface area contributed by atoms with Crippen molar-refractivity contribution in [3.63, 3.8) is 0 Å². The van der Waals surface area contributed by atoms with Crippen LogP contribution in [0.3, 0.4) is 0 Å². The zero-order chi connectivity index (χ0) is 33.9. The van der Waals surface area contributed by atoms with Gasteiger partial charge in [-0.25, -0.2) is 0 Å². The monoisotopic (exact) mass is 650 g/mol. The van der Waals surface area contributed by atoms with Gasteiger partial charge in [0.2, 0.25) is 0 Å². The quantitative estimate of drug-likeness (QED) is 0.0648. The maximum atomic E-state index is 12.6. The van der Waals surface area contributed by atoms with E-state index in [0.717, 1.165) is 25.7 Å². The maximum Gasteiger partial charge on any atom is 0.316 e. The number of ether oxygens (including phenoxy) is 2. The summed E-state index contributed by atoms with van der Waals surface area (Å²) < 4.78 is 11.8. The first-order valence-electron chi connectivity index (χ1n) is 16.7. The second-order valence-electron chi connectivity index (χ2n) is 13.2. The zero-order valence-corrected chi connectivity index (χ0v) is 27.0. The summed E-state index contributed by atoms with van der Waals surface area (Å²) in [4.78, 5) is 24.3. The topological polar surface area (TPSA) is 235 Å². The number of hydrogen-bond acceptors (Lipinski definition) is 12. The van der Waals surface area contributed by atoms with E-state index < -0.39 is 90.4 Å². The Balaban J connectivity index is 1.85. The number of carboxylic acid groups (broad SMARTS) is 1. The summed E-state index contributed by atoms with van der Waals surface area (Å²) in [5, 5.41) is 93.5. The van der Waals surface area contributed by atoms with Gasteiger partial charge in [-0.3, -0.25) is 9.59 Å². The first-order valence-corrected chi connectivity index (χ1v) is 16.7. The number of aliphatic carboxylic acids is 1. The summed E-state index contributed by atoms with van der Waals surface area (Å²) >= 11 is 0. The lowest BCUT2D eigenvalue weighted by Gasteiger charge is -2.55. The molecule has 13 heteroatoms. The standard InChI is InChI=1S/C32H58O13/c1-4-5-6-8-12-15-21(34)23(31(42)43)22(35)17-20(33)14-11-9-7-10-13-16-32(29(41)27(39)25(37)19(3)45-32)30-28(40)26(38)24(36)18(2)44-30/h18-21,23-30,33-34,36-41H,4-17H2,1-3H3,(H,42,43)/t18-,19+,20?,21?,23?,24-,25+,26+,27-,28+,29-,30?,32?/m1/s1. The molecule has 2 saturated heterocycles. The van der Waals surface area contributed by atoms with E-state index in [1.165, 1.54) is 13.8 Å². The van der Waals surface area contributed by atoms with Crippen molar-refractivity contribution in [2.45, 2.75) is 183 Å². The molecule has 264 valence electrons. The summed E-state index contributed by atoms with van der Waals surface area (Å²) in [6.07, 6.45) is -6.81. The molecule has 2 heterocycles. The van der Waals surface area contributed by atoms with Crippen LogP contribution in [-0.4, -0.2) is 130 Å². The second-order valence-corrected chi connectivity index (χ2v) is 13.2. The fourth-order valence-electron chi connectivity index (χ4n) is 6.69. The van der Waals surface area contributed by atoms with Gasteiger partial charge >= 0.3 is 5.97 Å². The molecule has 13 nitrogen and oxygen atoms in total. The van der Waals surface area contributed by atoms with Crippen LogP contribution in [0.15, 0.2) is 0 Å². The van der Waals surface area contributed by atoms with Crippen LogP contribution in [0.25, 0.3) is 0 Å². The highest BCUT2D eigenvalue weighted by Crippen LogP contribution is 2.42. The highest BCUT2D eigenvalue weighted by Gasteiger charge is 2.61. The van der Waals surface area contributed by atoms with Crippen molar-refractivity contribution in [3.8, 4) is 0 Å². The number of rotatable bonds is 20.